The van der Waals surface area contributed by atoms with Gasteiger partial charge in [0, 0.05) is 13.0 Å². The molecule has 0 bridgehead atoms. The normalized spacial score (nSPS) is 24.2. The molecule has 0 aromatic rings. The summed E-state index contributed by atoms with van der Waals surface area (Å²) in [5, 5.41) is 0. The zero-order chi connectivity index (χ0) is 10.1. The number of hydrogen-bond acceptors (Lipinski definition) is 2. The molecule has 0 aromatic heterocycles. The Bertz CT molecular complexity index is 206. The van der Waals surface area contributed by atoms with Crippen LogP contribution in [0.15, 0.2) is 0 Å². The van der Waals surface area contributed by atoms with Gasteiger partial charge in [-0.05, 0) is 13.3 Å². The number of likely N-dealkylation sites (tertiary alicyclic amines) is 1. The maximum Gasteiger partial charge on any atom is 0.265 e. The minimum atomic E-state index is -2.73. The van der Waals surface area contributed by atoms with E-state index in [0.29, 0.717) is 13.0 Å². The van der Waals surface area contributed by atoms with Crippen LogP contribution in [0, 0.1) is 0 Å². The van der Waals surface area contributed by atoms with Crippen LogP contribution in [-0.2, 0) is 4.79 Å². The predicted octanol–water partition coefficient (Wildman–Crippen LogP) is 0.591. The van der Waals surface area contributed by atoms with Gasteiger partial charge in [0.25, 0.3) is 5.92 Å². The molecule has 1 rings (SSSR count). The van der Waals surface area contributed by atoms with Crippen molar-refractivity contribution in [3.05, 3.63) is 0 Å². The van der Waals surface area contributed by atoms with Gasteiger partial charge < -0.3 is 10.6 Å². The largest absolute Gasteiger partial charge is 0.335 e. The Labute approximate surface area is 75.9 Å². The molecule has 0 aromatic carbocycles. The van der Waals surface area contributed by atoms with E-state index in [0.717, 1.165) is 4.90 Å². The van der Waals surface area contributed by atoms with Crippen molar-refractivity contribution < 1.29 is 13.6 Å². The van der Waals surface area contributed by atoms with Crippen molar-refractivity contribution in [1.82, 2.24) is 4.90 Å². The summed E-state index contributed by atoms with van der Waals surface area (Å²) in [4.78, 5) is 12.4. The highest BCUT2D eigenvalue weighted by atomic mass is 19.3. The number of nitrogens with two attached hydrogens (primary N) is 1. The Hall–Kier alpha value is -0.710. The van der Waals surface area contributed by atoms with Crippen molar-refractivity contribution in [3.8, 4) is 0 Å². The van der Waals surface area contributed by atoms with Gasteiger partial charge in [0.15, 0.2) is 0 Å². The van der Waals surface area contributed by atoms with Gasteiger partial charge >= 0.3 is 0 Å². The lowest BCUT2D eigenvalue weighted by Gasteiger charge is -2.33. The summed E-state index contributed by atoms with van der Waals surface area (Å²) in [5.41, 5.74) is 5.32. The molecule has 1 saturated heterocycles. The standard InChI is InChI=1S/C8H14F2N2O/c1-6(11)7(13)12-4-2-3-8(9,10)5-12/h6H,2-5,11H2,1H3. The van der Waals surface area contributed by atoms with E-state index in [1.54, 1.807) is 0 Å². The smallest absolute Gasteiger partial charge is 0.265 e. The molecule has 13 heavy (non-hydrogen) atoms. The van der Waals surface area contributed by atoms with Crippen LogP contribution in [0.25, 0.3) is 0 Å². The van der Waals surface area contributed by atoms with E-state index in [1.807, 2.05) is 0 Å². The summed E-state index contributed by atoms with van der Waals surface area (Å²) in [6.07, 6.45) is 0.223. The van der Waals surface area contributed by atoms with E-state index in [4.69, 9.17) is 5.73 Å². The second-order valence-corrected chi connectivity index (χ2v) is 3.51. The highest BCUT2D eigenvalue weighted by Crippen LogP contribution is 2.26. The second kappa shape index (κ2) is 3.57. The van der Waals surface area contributed by atoms with E-state index in [1.165, 1.54) is 6.92 Å². The molecule has 2 N–H and O–H groups in total. The minimum absolute atomic E-state index is 0.129. The highest BCUT2D eigenvalue weighted by Gasteiger charge is 2.37. The Kier molecular flexibility index (Phi) is 2.85. The fraction of sp³-hybridized carbons (Fsp3) is 0.875. The van der Waals surface area contributed by atoms with Gasteiger partial charge in [-0.15, -0.1) is 0 Å². The van der Waals surface area contributed by atoms with Gasteiger partial charge in [0.2, 0.25) is 5.91 Å². The molecule has 1 atom stereocenters. The van der Waals surface area contributed by atoms with Gasteiger partial charge in [0.1, 0.15) is 0 Å². The number of rotatable bonds is 1. The van der Waals surface area contributed by atoms with Crippen LogP contribution in [0.4, 0.5) is 8.78 Å². The molecule has 1 fully saturated rings. The van der Waals surface area contributed by atoms with Gasteiger partial charge in [-0.3, -0.25) is 4.79 Å². The third kappa shape index (κ3) is 2.62. The number of nitrogens with zero attached hydrogens (tertiary/aromatic N) is 1. The van der Waals surface area contributed by atoms with E-state index in [-0.39, 0.29) is 12.3 Å². The van der Waals surface area contributed by atoms with Crippen molar-refractivity contribution in [3.63, 3.8) is 0 Å². The number of halogens is 2. The van der Waals surface area contributed by atoms with Crippen LogP contribution in [-0.4, -0.2) is 35.9 Å². The summed E-state index contributed by atoms with van der Waals surface area (Å²) in [6, 6.07) is -0.686. The molecule has 1 aliphatic rings. The van der Waals surface area contributed by atoms with Crippen molar-refractivity contribution in [1.29, 1.82) is 0 Å². The molecule has 1 amide bonds. The van der Waals surface area contributed by atoms with Crippen LogP contribution in [0.2, 0.25) is 0 Å². The lowest BCUT2D eigenvalue weighted by Crippen LogP contribution is -2.50. The van der Waals surface area contributed by atoms with Crippen molar-refractivity contribution >= 4 is 5.91 Å². The summed E-state index contributed by atoms with van der Waals surface area (Å²) >= 11 is 0. The summed E-state index contributed by atoms with van der Waals surface area (Å²) < 4.78 is 25.7. The molecule has 0 saturated carbocycles. The first-order chi connectivity index (χ1) is 5.92. The highest BCUT2D eigenvalue weighted by molar-refractivity contribution is 5.81. The second-order valence-electron chi connectivity index (χ2n) is 3.51. The summed E-state index contributed by atoms with van der Waals surface area (Å²) in [6.45, 7) is 1.43. The van der Waals surface area contributed by atoms with Gasteiger partial charge in [-0.25, -0.2) is 8.78 Å². The maximum absolute atomic E-state index is 12.8. The van der Waals surface area contributed by atoms with Gasteiger partial charge in [0.05, 0.1) is 12.6 Å². The average molecular weight is 192 g/mol. The number of amides is 1. The molecule has 0 aliphatic carbocycles. The third-order valence-corrected chi connectivity index (χ3v) is 2.09. The first-order valence-electron chi connectivity index (χ1n) is 4.34. The molecule has 3 nitrogen and oxygen atoms in total. The zero-order valence-corrected chi connectivity index (χ0v) is 7.59. The van der Waals surface area contributed by atoms with Gasteiger partial charge in [-0.1, -0.05) is 0 Å². The number of carbonyl (C=O) groups excluding carboxylic acids is 1. The van der Waals surface area contributed by atoms with Crippen LogP contribution in [0.5, 0.6) is 0 Å². The predicted molar refractivity (Wildman–Crippen MR) is 44.4 cm³/mol. The minimum Gasteiger partial charge on any atom is -0.335 e. The molecular formula is C8H14F2N2O. The van der Waals surface area contributed by atoms with Gasteiger partial charge in [-0.2, -0.15) is 0 Å². The Balaban J connectivity index is 2.57. The van der Waals surface area contributed by atoms with Crippen LogP contribution in [0.1, 0.15) is 19.8 Å². The molecule has 1 heterocycles. The number of carbonyl (C=O) groups is 1. The Morgan fingerprint density at radius 3 is 2.69 bits per heavy atom. The Morgan fingerprint density at radius 1 is 1.62 bits per heavy atom. The first-order valence-corrected chi connectivity index (χ1v) is 4.34. The number of hydrogen-bond donors (Lipinski definition) is 1. The van der Waals surface area contributed by atoms with Crippen LogP contribution in [0.3, 0.4) is 0 Å². The number of alkyl halides is 2. The SMILES string of the molecule is CC(N)C(=O)N1CCCC(F)(F)C1. The molecule has 76 valence electrons. The van der Waals surface area contributed by atoms with E-state index >= 15 is 0 Å². The zero-order valence-electron chi connectivity index (χ0n) is 7.59. The van der Waals surface area contributed by atoms with Crippen molar-refractivity contribution in [2.45, 2.75) is 31.7 Å². The molecule has 1 aliphatic heterocycles. The quantitative estimate of drug-likeness (QED) is 0.661. The fourth-order valence-corrected chi connectivity index (χ4v) is 1.44. The fourth-order valence-electron chi connectivity index (χ4n) is 1.44. The summed E-state index contributed by atoms with van der Waals surface area (Å²) in [7, 11) is 0. The maximum atomic E-state index is 12.8. The van der Waals surface area contributed by atoms with Crippen molar-refractivity contribution in [2.24, 2.45) is 5.73 Å². The molecule has 1 unspecified atom stereocenters. The average Bonchev–Trinajstić information content (AvgIpc) is 2.01. The van der Waals surface area contributed by atoms with E-state index < -0.39 is 18.5 Å². The topological polar surface area (TPSA) is 46.3 Å². The van der Waals surface area contributed by atoms with Crippen molar-refractivity contribution in [2.75, 3.05) is 13.1 Å². The first kappa shape index (κ1) is 10.4. The summed E-state index contributed by atoms with van der Waals surface area (Å²) in [5.74, 6) is -3.12. The van der Waals surface area contributed by atoms with E-state index in [9.17, 15) is 13.6 Å². The molecular weight excluding hydrogens is 178 g/mol. The molecule has 0 spiro atoms. The molecule has 5 heteroatoms. The lowest BCUT2D eigenvalue weighted by molar-refractivity contribution is -0.142. The monoisotopic (exact) mass is 192 g/mol. The van der Waals surface area contributed by atoms with Crippen LogP contribution >= 0.6 is 0 Å². The third-order valence-electron chi connectivity index (χ3n) is 2.09. The number of piperidine rings is 1. The van der Waals surface area contributed by atoms with E-state index in [2.05, 4.69) is 0 Å². The molecule has 0 radical (unpaired) electrons. The lowest BCUT2D eigenvalue weighted by atomic mass is 10.1. The van der Waals surface area contributed by atoms with Crippen LogP contribution < -0.4 is 5.73 Å². The Morgan fingerprint density at radius 2 is 2.23 bits per heavy atom.